The van der Waals surface area contributed by atoms with Crippen LogP contribution in [-0.4, -0.2) is 0 Å². The Labute approximate surface area is 360 Å². The van der Waals surface area contributed by atoms with E-state index < -0.39 is 0 Å². The molecule has 0 aromatic carbocycles. The Balaban J connectivity index is 0.927. The van der Waals surface area contributed by atoms with Crippen LogP contribution in [-0.2, 0) is 0 Å². The number of hydrogen-bond acceptors (Lipinski definition) is 0. The van der Waals surface area contributed by atoms with Crippen molar-refractivity contribution in [3.8, 4) is 0 Å². The number of fused-ring (bicyclic) bond motifs is 4. The van der Waals surface area contributed by atoms with Crippen molar-refractivity contribution < 1.29 is 0 Å². The SMILES string of the molecule is CC(=CC1CCCC(C2C3CCCCC3C(C3C4CCCCC4C(C4CCCC(C=C(C)C5CCCCC5)C4)C4CCCCC43)C3CCCCC32)C1)C1CCCCC1. The van der Waals surface area contributed by atoms with Crippen molar-refractivity contribution in [3.05, 3.63) is 23.3 Å². The van der Waals surface area contributed by atoms with Crippen molar-refractivity contribution >= 4 is 0 Å². The molecular weight excluding hydrogens is 697 g/mol. The Kier molecular flexibility index (Phi) is 13.6. The molecule has 0 radical (unpaired) electrons. The third kappa shape index (κ3) is 8.46. The van der Waals surface area contributed by atoms with E-state index in [2.05, 4.69) is 26.0 Å². The molecule has 58 heavy (non-hydrogen) atoms. The van der Waals surface area contributed by atoms with E-state index in [-0.39, 0.29) is 0 Å². The molecule has 12 unspecified atom stereocenters. The van der Waals surface area contributed by atoms with Crippen LogP contribution in [0.15, 0.2) is 23.3 Å². The molecule has 0 aromatic heterocycles. The first kappa shape index (κ1) is 41.5. The Morgan fingerprint density at radius 2 is 0.552 bits per heavy atom. The summed E-state index contributed by atoms with van der Waals surface area (Å²) in [6.45, 7) is 5.13. The van der Waals surface area contributed by atoms with Crippen molar-refractivity contribution in [2.75, 3.05) is 0 Å². The topological polar surface area (TPSA) is 0 Å². The normalized spacial score (nSPS) is 47.6. The fraction of sp³-hybridized carbons (Fsp3) is 0.931. The molecule has 10 aliphatic carbocycles. The van der Waals surface area contributed by atoms with E-state index in [1.807, 2.05) is 11.1 Å². The minimum absolute atomic E-state index is 0.898. The second kappa shape index (κ2) is 19.1. The molecule has 12 atom stereocenters. The average Bonchev–Trinajstić information content (AvgIpc) is 3.28. The molecule has 10 fully saturated rings. The van der Waals surface area contributed by atoms with Gasteiger partial charge in [0.15, 0.2) is 0 Å². The summed E-state index contributed by atoms with van der Waals surface area (Å²) >= 11 is 0. The standard InChI is InChI=1S/C58H94/c1-39(43-21-5-3-6-22-43)35-41-19-17-25-45(37-41)55-47-27-9-13-31-51(47)57(52-32-14-10-28-48(52)55)58-53-33-15-11-29-49(53)56(50-30-12-16-34-54(50)58)46-26-18-20-42(38-46)36-40(2)44-23-7-4-8-24-44/h35-36,41-58H,3-34,37-38H2,1-2H3. The van der Waals surface area contributed by atoms with Gasteiger partial charge in [0, 0.05) is 0 Å². The van der Waals surface area contributed by atoms with Crippen LogP contribution in [0.4, 0.5) is 0 Å². The molecule has 10 rings (SSSR count). The lowest BCUT2D eigenvalue weighted by Crippen LogP contribution is -2.59. The van der Waals surface area contributed by atoms with Crippen LogP contribution >= 0.6 is 0 Å². The van der Waals surface area contributed by atoms with Crippen molar-refractivity contribution in [1.82, 2.24) is 0 Å². The molecule has 0 N–H and O–H groups in total. The van der Waals surface area contributed by atoms with Crippen molar-refractivity contribution in [2.45, 2.75) is 232 Å². The predicted molar refractivity (Wildman–Crippen MR) is 247 cm³/mol. The fourth-order valence-electron chi connectivity index (χ4n) is 20.1. The first-order valence-corrected chi connectivity index (χ1v) is 28.0. The maximum absolute atomic E-state index is 2.90. The second-order valence-corrected chi connectivity index (χ2v) is 24.6. The molecular formula is C58H94. The second-order valence-electron chi connectivity index (χ2n) is 24.6. The molecule has 10 aliphatic rings. The van der Waals surface area contributed by atoms with Crippen molar-refractivity contribution in [1.29, 1.82) is 0 Å². The van der Waals surface area contributed by atoms with Gasteiger partial charge in [-0.3, -0.25) is 0 Å². The molecule has 0 aromatic rings. The lowest BCUT2D eigenvalue weighted by molar-refractivity contribution is -0.174. The summed E-state index contributed by atoms with van der Waals surface area (Å²) in [4.78, 5) is 0. The number of allylic oxidation sites excluding steroid dienone is 4. The van der Waals surface area contributed by atoms with Crippen LogP contribution in [0.3, 0.4) is 0 Å². The smallest absolute Gasteiger partial charge is 0.0206 e. The average molecular weight is 791 g/mol. The van der Waals surface area contributed by atoms with E-state index in [0.717, 1.165) is 107 Å². The first-order valence-electron chi connectivity index (χ1n) is 28.0. The summed E-state index contributed by atoms with van der Waals surface area (Å²) in [7, 11) is 0. The fourth-order valence-corrected chi connectivity index (χ4v) is 20.1. The van der Waals surface area contributed by atoms with E-state index in [1.54, 1.807) is 128 Å². The monoisotopic (exact) mass is 791 g/mol. The highest BCUT2D eigenvalue weighted by Crippen LogP contribution is 2.68. The van der Waals surface area contributed by atoms with Gasteiger partial charge in [-0.15, -0.1) is 0 Å². The molecule has 0 heteroatoms. The maximum atomic E-state index is 2.90. The zero-order chi connectivity index (χ0) is 39.0. The third-order valence-corrected chi connectivity index (χ3v) is 22.0. The maximum Gasteiger partial charge on any atom is -0.0206 e. The minimum atomic E-state index is 0.898. The van der Waals surface area contributed by atoms with Crippen LogP contribution < -0.4 is 0 Å². The van der Waals surface area contributed by atoms with Crippen LogP contribution in [0, 0.1) is 107 Å². The van der Waals surface area contributed by atoms with Crippen LogP contribution in [0.2, 0.25) is 0 Å². The van der Waals surface area contributed by atoms with Crippen LogP contribution in [0.5, 0.6) is 0 Å². The molecule has 0 spiro atoms. The van der Waals surface area contributed by atoms with Gasteiger partial charge in [0.2, 0.25) is 0 Å². The van der Waals surface area contributed by atoms with Gasteiger partial charge in [0.05, 0.1) is 0 Å². The van der Waals surface area contributed by atoms with Gasteiger partial charge < -0.3 is 0 Å². The molecule has 0 heterocycles. The van der Waals surface area contributed by atoms with Gasteiger partial charge in [-0.2, -0.15) is 0 Å². The Bertz CT molecular complexity index is 1220. The summed E-state index contributed by atoms with van der Waals surface area (Å²) in [6, 6.07) is 0. The summed E-state index contributed by atoms with van der Waals surface area (Å²) in [6.07, 6.45) is 58.7. The van der Waals surface area contributed by atoms with Crippen LogP contribution in [0.25, 0.3) is 0 Å². The zero-order valence-electron chi connectivity index (χ0n) is 38.6. The molecule has 0 nitrogen and oxygen atoms in total. The van der Waals surface area contributed by atoms with E-state index in [9.17, 15) is 0 Å². The van der Waals surface area contributed by atoms with Gasteiger partial charge in [-0.25, -0.2) is 0 Å². The van der Waals surface area contributed by atoms with E-state index >= 15 is 0 Å². The van der Waals surface area contributed by atoms with E-state index in [4.69, 9.17) is 0 Å². The van der Waals surface area contributed by atoms with Crippen molar-refractivity contribution in [2.24, 2.45) is 107 Å². The molecule has 10 saturated carbocycles. The highest BCUT2D eigenvalue weighted by Gasteiger charge is 2.61. The van der Waals surface area contributed by atoms with E-state index in [1.165, 1.54) is 89.9 Å². The van der Waals surface area contributed by atoms with Crippen molar-refractivity contribution in [3.63, 3.8) is 0 Å². The molecule has 0 bridgehead atoms. The predicted octanol–water partition coefficient (Wildman–Crippen LogP) is 17.4. The largest absolute Gasteiger partial charge is 0.0822 e. The summed E-state index contributed by atoms with van der Waals surface area (Å²) in [5, 5.41) is 0. The number of rotatable bonds is 7. The van der Waals surface area contributed by atoms with Gasteiger partial charge in [-0.05, 0) is 223 Å². The van der Waals surface area contributed by atoms with Crippen LogP contribution in [0.1, 0.15) is 232 Å². The molecule has 0 saturated heterocycles. The lowest BCUT2D eigenvalue weighted by Gasteiger charge is -2.66. The molecule has 0 aliphatic heterocycles. The third-order valence-electron chi connectivity index (χ3n) is 22.0. The summed E-state index contributed by atoms with van der Waals surface area (Å²) in [5.41, 5.74) is 3.63. The van der Waals surface area contributed by atoms with Gasteiger partial charge >= 0.3 is 0 Å². The first-order chi connectivity index (χ1) is 28.6. The lowest BCUT2D eigenvalue weighted by atomic mass is 9.39. The van der Waals surface area contributed by atoms with Gasteiger partial charge in [0.1, 0.15) is 0 Å². The Hall–Kier alpha value is -0.520. The Morgan fingerprint density at radius 3 is 0.862 bits per heavy atom. The molecule has 326 valence electrons. The quantitative estimate of drug-likeness (QED) is 0.225. The van der Waals surface area contributed by atoms with Gasteiger partial charge in [-0.1, -0.05) is 139 Å². The summed E-state index contributed by atoms with van der Waals surface area (Å²) < 4.78 is 0. The highest BCUT2D eigenvalue weighted by atomic mass is 14.7. The minimum Gasteiger partial charge on any atom is -0.0822 e. The van der Waals surface area contributed by atoms with Gasteiger partial charge in [0.25, 0.3) is 0 Å². The summed E-state index contributed by atoms with van der Waals surface area (Å²) in [5.74, 6) is 18.8. The molecule has 0 amide bonds. The number of hydrogen-bond donors (Lipinski definition) is 0. The highest BCUT2D eigenvalue weighted by molar-refractivity contribution is 5.13. The zero-order valence-corrected chi connectivity index (χ0v) is 38.6. The Morgan fingerprint density at radius 1 is 0.276 bits per heavy atom. The van der Waals surface area contributed by atoms with E-state index in [0.29, 0.717) is 0 Å².